The fraction of sp³-hybridized carbons (Fsp3) is 0.778. The molecule has 0 atom stereocenters. The highest BCUT2D eigenvalue weighted by atomic mass is 16.5. The third-order valence-corrected chi connectivity index (χ3v) is 2.03. The summed E-state index contributed by atoms with van der Waals surface area (Å²) in [6.45, 7) is 8.09. The van der Waals surface area contributed by atoms with Crippen LogP contribution in [0.1, 0.15) is 27.2 Å². The maximum absolute atomic E-state index is 5.28. The van der Waals surface area contributed by atoms with Gasteiger partial charge in [0.1, 0.15) is 6.73 Å². The molecule has 0 bridgehead atoms. The van der Waals surface area contributed by atoms with Crippen molar-refractivity contribution < 1.29 is 4.74 Å². The largest absolute Gasteiger partial charge is 0.366 e. The molecule has 0 aromatic rings. The molecule has 0 amide bonds. The minimum absolute atomic E-state index is 0.605. The molecule has 1 aliphatic rings. The molecule has 1 aliphatic heterocycles. The van der Waals surface area contributed by atoms with Crippen LogP contribution in [0.25, 0.3) is 0 Å². The Hall–Kier alpha value is -0.500. The summed E-state index contributed by atoms with van der Waals surface area (Å²) in [4.78, 5) is 0. The number of hydrogen-bond donors (Lipinski definition) is 1. The van der Waals surface area contributed by atoms with Gasteiger partial charge in [-0.3, -0.25) is 0 Å². The standard InChI is InChI=1S/C9H17NO/c1-4-8-5-11-6-10-9(8)7(2)3/h7,10H,4-6H2,1-3H3. The molecule has 0 fully saturated rings. The maximum Gasteiger partial charge on any atom is 0.116 e. The summed E-state index contributed by atoms with van der Waals surface area (Å²) in [5.41, 5.74) is 2.81. The van der Waals surface area contributed by atoms with E-state index in [1.807, 2.05) is 0 Å². The molecule has 0 aromatic heterocycles. The van der Waals surface area contributed by atoms with Crippen LogP contribution in [-0.4, -0.2) is 13.3 Å². The van der Waals surface area contributed by atoms with Gasteiger partial charge >= 0.3 is 0 Å². The first kappa shape index (κ1) is 8.60. The van der Waals surface area contributed by atoms with Gasteiger partial charge in [0, 0.05) is 5.70 Å². The monoisotopic (exact) mass is 155 g/mol. The van der Waals surface area contributed by atoms with Crippen LogP contribution in [0, 0.1) is 5.92 Å². The zero-order chi connectivity index (χ0) is 8.27. The van der Waals surface area contributed by atoms with Crippen molar-refractivity contribution in [3.8, 4) is 0 Å². The first-order valence-electron chi connectivity index (χ1n) is 4.29. The highest BCUT2D eigenvalue weighted by Crippen LogP contribution is 2.17. The summed E-state index contributed by atoms with van der Waals surface area (Å²) >= 11 is 0. The summed E-state index contributed by atoms with van der Waals surface area (Å²) in [7, 11) is 0. The first-order valence-corrected chi connectivity index (χ1v) is 4.29. The molecule has 64 valence electrons. The molecule has 11 heavy (non-hydrogen) atoms. The number of allylic oxidation sites excluding steroid dienone is 1. The van der Waals surface area contributed by atoms with Gasteiger partial charge in [-0.1, -0.05) is 20.8 Å². The van der Waals surface area contributed by atoms with Crippen LogP contribution in [-0.2, 0) is 4.74 Å². The molecule has 0 aromatic carbocycles. The Kier molecular flexibility index (Phi) is 2.94. The number of ether oxygens (including phenoxy) is 1. The van der Waals surface area contributed by atoms with Gasteiger partial charge in [-0.2, -0.15) is 0 Å². The summed E-state index contributed by atoms with van der Waals surface area (Å²) in [6, 6.07) is 0. The lowest BCUT2D eigenvalue weighted by Gasteiger charge is -2.24. The van der Waals surface area contributed by atoms with Crippen LogP contribution in [0.5, 0.6) is 0 Å². The van der Waals surface area contributed by atoms with E-state index >= 15 is 0 Å². The predicted octanol–water partition coefficient (Wildman–Crippen LogP) is 1.88. The van der Waals surface area contributed by atoms with Crippen LogP contribution in [0.4, 0.5) is 0 Å². The van der Waals surface area contributed by atoms with Crippen molar-refractivity contribution in [3.63, 3.8) is 0 Å². The van der Waals surface area contributed by atoms with Crippen LogP contribution < -0.4 is 5.32 Å². The molecular weight excluding hydrogens is 138 g/mol. The smallest absolute Gasteiger partial charge is 0.116 e. The van der Waals surface area contributed by atoms with Gasteiger partial charge in [-0.15, -0.1) is 0 Å². The topological polar surface area (TPSA) is 21.3 Å². The van der Waals surface area contributed by atoms with Crippen LogP contribution in [0.2, 0.25) is 0 Å². The fourth-order valence-corrected chi connectivity index (χ4v) is 1.41. The summed E-state index contributed by atoms with van der Waals surface area (Å²) < 4.78 is 5.28. The minimum Gasteiger partial charge on any atom is -0.366 e. The lowest BCUT2D eigenvalue weighted by molar-refractivity contribution is 0.123. The number of hydrogen-bond acceptors (Lipinski definition) is 2. The van der Waals surface area contributed by atoms with Crippen LogP contribution >= 0.6 is 0 Å². The minimum atomic E-state index is 0.605. The Labute approximate surface area is 68.6 Å². The molecule has 1 N–H and O–H groups in total. The van der Waals surface area contributed by atoms with Gasteiger partial charge in [0.2, 0.25) is 0 Å². The third kappa shape index (κ3) is 1.96. The van der Waals surface area contributed by atoms with E-state index in [0.717, 1.165) is 13.0 Å². The molecule has 1 heterocycles. The predicted molar refractivity (Wildman–Crippen MR) is 46.1 cm³/mol. The second-order valence-corrected chi connectivity index (χ2v) is 3.20. The van der Waals surface area contributed by atoms with E-state index in [4.69, 9.17) is 4.74 Å². The van der Waals surface area contributed by atoms with E-state index < -0.39 is 0 Å². The molecule has 2 heteroatoms. The molecule has 0 saturated heterocycles. The van der Waals surface area contributed by atoms with Gasteiger partial charge in [0.15, 0.2) is 0 Å². The van der Waals surface area contributed by atoms with Crippen molar-refractivity contribution >= 4 is 0 Å². The lowest BCUT2D eigenvalue weighted by atomic mass is 10.0. The van der Waals surface area contributed by atoms with Crippen LogP contribution in [0.15, 0.2) is 11.3 Å². The Morgan fingerprint density at radius 3 is 2.73 bits per heavy atom. The zero-order valence-corrected chi connectivity index (χ0v) is 7.61. The van der Waals surface area contributed by atoms with Gasteiger partial charge in [0.05, 0.1) is 6.61 Å². The quantitative estimate of drug-likeness (QED) is 0.657. The molecule has 0 aliphatic carbocycles. The second-order valence-electron chi connectivity index (χ2n) is 3.20. The van der Waals surface area contributed by atoms with E-state index in [0.29, 0.717) is 12.6 Å². The summed E-state index contributed by atoms with van der Waals surface area (Å²) in [5, 5.41) is 3.28. The molecule has 0 radical (unpaired) electrons. The van der Waals surface area contributed by atoms with Gasteiger partial charge < -0.3 is 10.1 Å². The Balaban J connectivity index is 2.73. The van der Waals surface area contributed by atoms with Gasteiger partial charge in [-0.05, 0) is 17.9 Å². The van der Waals surface area contributed by atoms with Gasteiger partial charge in [-0.25, -0.2) is 0 Å². The number of rotatable bonds is 2. The van der Waals surface area contributed by atoms with E-state index in [1.165, 1.54) is 11.3 Å². The average molecular weight is 155 g/mol. The van der Waals surface area contributed by atoms with Crippen molar-refractivity contribution in [2.45, 2.75) is 27.2 Å². The van der Waals surface area contributed by atoms with E-state index in [-0.39, 0.29) is 0 Å². The first-order chi connectivity index (χ1) is 5.25. The molecule has 0 saturated carbocycles. The normalized spacial score (nSPS) is 18.9. The molecule has 1 rings (SSSR count). The third-order valence-electron chi connectivity index (χ3n) is 2.03. The highest BCUT2D eigenvalue weighted by Gasteiger charge is 2.12. The number of nitrogens with one attached hydrogen (secondary N) is 1. The van der Waals surface area contributed by atoms with Crippen LogP contribution in [0.3, 0.4) is 0 Å². The lowest BCUT2D eigenvalue weighted by Crippen LogP contribution is -2.28. The van der Waals surface area contributed by atoms with Crippen molar-refractivity contribution in [2.24, 2.45) is 5.92 Å². The Bertz CT molecular complexity index is 161. The second kappa shape index (κ2) is 3.77. The summed E-state index contributed by atoms with van der Waals surface area (Å²) in [6.07, 6.45) is 1.10. The average Bonchev–Trinajstić information content (AvgIpc) is 2.04. The SMILES string of the molecule is CCC1=C(C(C)C)NCOC1. The van der Waals surface area contributed by atoms with E-state index in [1.54, 1.807) is 0 Å². The highest BCUT2D eigenvalue weighted by molar-refractivity contribution is 5.16. The van der Waals surface area contributed by atoms with Crippen molar-refractivity contribution in [2.75, 3.05) is 13.3 Å². The van der Waals surface area contributed by atoms with Crippen molar-refractivity contribution in [1.82, 2.24) is 5.32 Å². The Morgan fingerprint density at radius 2 is 2.27 bits per heavy atom. The molecular formula is C9H17NO. The molecule has 2 nitrogen and oxygen atoms in total. The fourth-order valence-electron chi connectivity index (χ4n) is 1.41. The van der Waals surface area contributed by atoms with Crippen molar-refractivity contribution in [3.05, 3.63) is 11.3 Å². The van der Waals surface area contributed by atoms with Gasteiger partial charge in [0.25, 0.3) is 0 Å². The zero-order valence-electron chi connectivity index (χ0n) is 7.61. The Morgan fingerprint density at radius 1 is 1.55 bits per heavy atom. The molecule has 0 unspecified atom stereocenters. The van der Waals surface area contributed by atoms with E-state index in [9.17, 15) is 0 Å². The van der Waals surface area contributed by atoms with E-state index in [2.05, 4.69) is 26.1 Å². The maximum atomic E-state index is 5.28. The molecule has 0 spiro atoms. The van der Waals surface area contributed by atoms with Crippen molar-refractivity contribution in [1.29, 1.82) is 0 Å². The summed E-state index contributed by atoms with van der Waals surface area (Å²) in [5.74, 6) is 0.605.